The maximum absolute atomic E-state index is 3.18. The van der Waals surface area contributed by atoms with E-state index in [1.54, 1.807) is 0 Å². The van der Waals surface area contributed by atoms with Crippen LogP contribution < -0.4 is 5.32 Å². The molecule has 2 rings (SSSR count). The molecule has 1 aliphatic rings. The predicted molar refractivity (Wildman–Crippen MR) is 56.7 cm³/mol. The van der Waals surface area contributed by atoms with E-state index < -0.39 is 0 Å². The van der Waals surface area contributed by atoms with Crippen molar-refractivity contribution >= 4 is 5.57 Å². The minimum atomic E-state index is 1.07. The van der Waals surface area contributed by atoms with Crippen molar-refractivity contribution in [3.63, 3.8) is 0 Å². The van der Waals surface area contributed by atoms with E-state index in [0.29, 0.717) is 0 Å². The van der Waals surface area contributed by atoms with Gasteiger partial charge in [0.05, 0.1) is 0 Å². The largest absolute Gasteiger partial charge is 0.319 e. The molecular weight excluding hydrogens is 158 g/mol. The van der Waals surface area contributed by atoms with Crippen molar-refractivity contribution in [2.45, 2.75) is 12.8 Å². The van der Waals surface area contributed by atoms with Crippen LogP contribution in [0, 0.1) is 0 Å². The molecule has 0 bridgehead atoms. The van der Waals surface area contributed by atoms with Crippen LogP contribution in [0.4, 0.5) is 0 Å². The molecule has 1 N–H and O–H groups in total. The minimum Gasteiger partial charge on any atom is -0.319 e. The Bertz CT molecular complexity index is 326. The maximum atomic E-state index is 3.18. The van der Waals surface area contributed by atoms with Gasteiger partial charge >= 0.3 is 0 Å². The Balaban J connectivity index is 2.16. The fourth-order valence-electron chi connectivity index (χ4n) is 1.85. The summed E-state index contributed by atoms with van der Waals surface area (Å²) in [5.74, 6) is 0. The summed E-state index contributed by atoms with van der Waals surface area (Å²) >= 11 is 0. The van der Waals surface area contributed by atoms with E-state index in [0.717, 1.165) is 19.4 Å². The molecule has 1 nitrogen and oxygen atoms in total. The van der Waals surface area contributed by atoms with Crippen LogP contribution in [0.3, 0.4) is 0 Å². The van der Waals surface area contributed by atoms with Gasteiger partial charge < -0.3 is 5.32 Å². The molecule has 1 aromatic carbocycles. The first kappa shape index (κ1) is 8.52. The Hall–Kier alpha value is -1.08. The fourth-order valence-corrected chi connectivity index (χ4v) is 1.85. The third kappa shape index (κ3) is 1.65. The maximum Gasteiger partial charge on any atom is -0.00112 e. The zero-order chi connectivity index (χ0) is 9.10. The molecular formula is C12H15N. The Morgan fingerprint density at radius 1 is 1.31 bits per heavy atom. The minimum absolute atomic E-state index is 1.07. The normalized spacial score (nSPS) is 14.1. The lowest BCUT2D eigenvalue weighted by molar-refractivity contribution is 0.816. The van der Waals surface area contributed by atoms with Crippen LogP contribution in [0.5, 0.6) is 0 Å². The molecule has 0 spiro atoms. The van der Waals surface area contributed by atoms with Crippen molar-refractivity contribution in [2.75, 3.05) is 13.6 Å². The molecule has 0 heterocycles. The van der Waals surface area contributed by atoms with Gasteiger partial charge in [-0.15, -0.1) is 0 Å². The van der Waals surface area contributed by atoms with Crippen LogP contribution >= 0.6 is 0 Å². The lowest BCUT2D eigenvalue weighted by Crippen LogP contribution is -2.07. The average molecular weight is 173 g/mol. The zero-order valence-electron chi connectivity index (χ0n) is 8.01. The predicted octanol–water partition coefficient (Wildman–Crippen LogP) is 2.24. The van der Waals surface area contributed by atoms with Crippen molar-refractivity contribution in [1.82, 2.24) is 5.32 Å². The lowest BCUT2D eigenvalue weighted by atomic mass is 10.0. The molecule has 0 saturated carbocycles. The summed E-state index contributed by atoms with van der Waals surface area (Å²) in [4.78, 5) is 0. The second-order valence-corrected chi connectivity index (χ2v) is 3.44. The molecule has 0 atom stereocenters. The topological polar surface area (TPSA) is 12.0 Å². The average Bonchev–Trinajstić information content (AvgIpc) is 2.58. The van der Waals surface area contributed by atoms with Crippen LogP contribution in [0.1, 0.15) is 17.5 Å². The Kier molecular flexibility index (Phi) is 2.46. The number of rotatable bonds is 3. The highest BCUT2D eigenvalue weighted by atomic mass is 14.8. The number of hydrogen-bond acceptors (Lipinski definition) is 1. The van der Waals surface area contributed by atoms with E-state index in [2.05, 4.69) is 35.7 Å². The molecule has 0 aromatic heterocycles. The molecule has 13 heavy (non-hydrogen) atoms. The van der Waals surface area contributed by atoms with Crippen LogP contribution in [0.15, 0.2) is 30.3 Å². The Morgan fingerprint density at radius 3 is 3.00 bits per heavy atom. The van der Waals surface area contributed by atoms with Gasteiger partial charge in [-0.25, -0.2) is 0 Å². The lowest BCUT2D eigenvalue weighted by Gasteiger charge is -2.04. The van der Waals surface area contributed by atoms with E-state index >= 15 is 0 Å². The summed E-state index contributed by atoms with van der Waals surface area (Å²) < 4.78 is 0. The highest BCUT2D eigenvalue weighted by molar-refractivity contribution is 5.72. The molecule has 0 aliphatic heterocycles. The standard InChI is InChI=1S/C12H15N/c1-13-9-8-11-7-6-10-4-2-3-5-12(10)11/h2-5,7,13H,6,8-9H2,1H3. The summed E-state index contributed by atoms with van der Waals surface area (Å²) in [5.41, 5.74) is 4.44. The Labute approximate surface area is 79.5 Å². The van der Waals surface area contributed by atoms with Crippen LogP contribution in [-0.2, 0) is 6.42 Å². The molecule has 0 radical (unpaired) electrons. The summed E-state index contributed by atoms with van der Waals surface area (Å²) in [6.45, 7) is 1.07. The number of nitrogens with one attached hydrogen (secondary N) is 1. The summed E-state index contributed by atoms with van der Waals surface area (Å²) in [6.07, 6.45) is 4.62. The van der Waals surface area contributed by atoms with Gasteiger partial charge in [0.2, 0.25) is 0 Å². The third-order valence-corrected chi connectivity index (χ3v) is 2.58. The summed E-state index contributed by atoms with van der Waals surface area (Å²) in [7, 11) is 2.00. The van der Waals surface area contributed by atoms with Crippen molar-refractivity contribution in [3.8, 4) is 0 Å². The SMILES string of the molecule is CNCCC1=CCc2ccccc21. The number of benzene rings is 1. The van der Waals surface area contributed by atoms with Crippen molar-refractivity contribution in [3.05, 3.63) is 41.5 Å². The number of fused-ring (bicyclic) bond motifs is 1. The second-order valence-electron chi connectivity index (χ2n) is 3.44. The molecule has 0 saturated heterocycles. The van der Waals surface area contributed by atoms with E-state index in [1.807, 2.05) is 7.05 Å². The molecule has 68 valence electrons. The summed E-state index contributed by atoms with van der Waals surface area (Å²) in [6, 6.07) is 8.69. The molecule has 1 heteroatoms. The van der Waals surface area contributed by atoms with E-state index in [9.17, 15) is 0 Å². The smallest absolute Gasteiger partial charge is 0.00112 e. The first-order chi connectivity index (χ1) is 6.42. The van der Waals surface area contributed by atoms with Crippen LogP contribution in [0.2, 0.25) is 0 Å². The van der Waals surface area contributed by atoms with Crippen molar-refractivity contribution in [1.29, 1.82) is 0 Å². The highest BCUT2D eigenvalue weighted by Crippen LogP contribution is 2.28. The van der Waals surface area contributed by atoms with Gasteiger partial charge in [0.25, 0.3) is 0 Å². The van der Waals surface area contributed by atoms with Gasteiger partial charge in [0, 0.05) is 0 Å². The van der Waals surface area contributed by atoms with Gasteiger partial charge in [-0.1, -0.05) is 30.3 Å². The van der Waals surface area contributed by atoms with E-state index in [1.165, 1.54) is 16.7 Å². The van der Waals surface area contributed by atoms with Gasteiger partial charge in [-0.05, 0) is 43.1 Å². The molecule has 0 amide bonds. The van der Waals surface area contributed by atoms with Crippen LogP contribution in [-0.4, -0.2) is 13.6 Å². The summed E-state index contributed by atoms with van der Waals surface area (Å²) in [5, 5.41) is 3.18. The second kappa shape index (κ2) is 3.75. The quantitative estimate of drug-likeness (QED) is 0.739. The zero-order valence-corrected chi connectivity index (χ0v) is 8.01. The first-order valence-corrected chi connectivity index (χ1v) is 4.83. The molecule has 1 aromatic rings. The van der Waals surface area contributed by atoms with Gasteiger partial charge in [0.15, 0.2) is 0 Å². The molecule has 0 fully saturated rings. The third-order valence-electron chi connectivity index (χ3n) is 2.58. The number of hydrogen-bond donors (Lipinski definition) is 1. The Morgan fingerprint density at radius 2 is 2.15 bits per heavy atom. The van der Waals surface area contributed by atoms with Crippen molar-refractivity contribution in [2.24, 2.45) is 0 Å². The molecule has 0 unspecified atom stereocenters. The van der Waals surface area contributed by atoms with E-state index in [4.69, 9.17) is 0 Å². The van der Waals surface area contributed by atoms with Crippen molar-refractivity contribution < 1.29 is 0 Å². The monoisotopic (exact) mass is 173 g/mol. The molecule has 1 aliphatic carbocycles. The van der Waals surface area contributed by atoms with Gasteiger partial charge in [-0.3, -0.25) is 0 Å². The fraction of sp³-hybridized carbons (Fsp3) is 0.333. The highest BCUT2D eigenvalue weighted by Gasteiger charge is 2.11. The van der Waals surface area contributed by atoms with Gasteiger partial charge in [0.1, 0.15) is 0 Å². The number of allylic oxidation sites excluding steroid dienone is 1. The van der Waals surface area contributed by atoms with Crippen LogP contribution in [0.25, 0.3) is 5.57 Å². The van der Waals surface area contributed by atoms with E-state index in [-0.39, 0.29) is 0 Å². The van der Waals surface area contributed by atoms with Gasteiger partial charge in [-0.2, -0.15) is 0 Å². The first-order valence-electron chi connectivity index (χ1n) is 4.83.